The fourth-order valence-corrected chi connectivity index (χ4v) is 7.13. The number of ether oxygens (including phenoxy) is 3. The molecule has 0 saturated heterocycles. The summed E-state index contributed by atoms with van der Waals surface area (Å²) in [7, 11) is -2.22. The van der Waals surface area contributed by atoms with Crippen LogP contribution in [-0.2, 0) is 25.9 Å². The molecule has 1 aliphatic heterocycles. The fourth-order valence-electron chi connectivity index (χ4n) is 5.25. The number of para-hydroxylation sites is 1. The summed E-state index contributed by atoms with van der Waals surface area (Å²) in [6.07, 6.45) is -0.656. The molecule has 3 N–H and O–H groups in total. The Morgan fingerprint density at radius 3 is 2.40 bits per heavy atom. The molecule has 1 aliphatic rings. The van der Waals surface area contributed by atoms with E-state index in [4.69, 9.17) is 24.3 Å². The first-order chi connectivity index (χ1) is 22.8. The van der Waals surface area contributed by atoms with Gasteiger partial charge in [-0.2, -0.15) is 0 Å². The van der Waals surface area contributed by atoms with Crippen molar-refractivity contribution in [2.45, 2.75) is 35.9 Å². The predicted octanol–water partition coefficient (Wildman–Crippen LogP) is 5.16. The minimum absolute atomic E-state index is 0.0249. The normalized spacial score (nSPS) is 17.4. The monoisotopic (exact) mass is 721 g/mol. The SMILES string of the molecule is COc1ccccc1CNNC(=O)[C@@]1(CCS(=O)(=O)c2ccccc2)N=C(c2ccc(OCCCO)cc2)O[C@H]1c1ccccc1Br. The number of aliphatic imine (C=N–C) groups is 1. The number of benzene rings is 4. The van der Waals surface area contributed by atoms with Gasteiger partial charge in [0.1, 0.15) is 11.5 Å². The lowest BCUT2D eigenvalue weighted by Gasteiger charge is -2.31. The summed E-state index contributed by atoms with van der Waals surface area (Å²) >= 11 is 3.60. The average Bonchev–Trinajstić information content (AvgIpc) is 3.49. The Labute approximate surface area is 282 Å². The van der Waals surface area contributed by atoms with Crippen molar-refractivity contribution in [3.8, 4) is 11.5 Å². The largest absolute Gasteiger partial charge is 0.496 e. The Morgan fingerprint density at radius 2 is 1.68 bits per heavy atom. The molecule has 1 heterocycles. The summed E-state index contributed by atoms with van der Waals surface area (Å²) in [5, 5.41) is 9.06. The molecule has 246 valence electrons. The summed E-state index contributed by atoms with van der Waals surface area (Å²) in [6, 6.07) is 29.9. The molecule has 0 saturated carbocycles. The smallest absolute Gasteiger partial charge is 0.266 e. The lowest BCUT2D eigenvalue weighted by Crippen LogP contribution is -2.53. The molecule has 0 radical (unpaired) electrons. The lowest BCUT2D eigenvalue weighted by molar-refractivity contribution is -0.130. The molecule has 0 spiro atoms. The number of hydrazine groups is 1. The van der Waals surface area contributed by atoms with Crippen molar-refractivity contribution >= 4 is 37.6 Å². The second-order valence-corrected chi connectivity index (χ2v) is 13.8. The Bertz CT molecular complexity index is 1800. The number of methoxy groups -OCH3 is 1. The highest BCUT2D eigenvalue weighted by atomic mass is 79.9. The van der Waals surface area contributed by atoms with Crippen LogP contribution in [0.5, 0.6) is 11.5 Å². The molecular formula is C35H36BrN3O7S. The van der Waals surface area contributed by atoms with E-state index in [9.17, 15) is 13.2 Å². The number of hydrogen-bond acceptors (Lipinski definition) is 9. The molecule has 0 bridgehead atoms. The molecule has 1 amide bonds. The van der Waals surface area contributed by atoms with Crippen molar-refractivity contribution < 1.29 is 32.5 Å². The zero-order valence-corrected chi connectivity index (χ0v) is 28.2. The maximum absolute atomic E-state index is 14.4. The number of carbonyl (C=O) groups is 1. The second-order valence-electron chi connectivity index (χ2n) is 10.8. The van der Waals surface area contributed by atoms with Crippen molar-refractivity contribution in [2.24, 2.45) is 4.99 Å². The molecular weight excluding hydrogens is 686 g/mol. The van der Waals surface area contributed by atoms with E-state index in [1.807, 2.05) is 48.5 Å². The third-order valence-corrected chi connectivity index (χ3v) is 10.2. The lowest BCUT2D eigenvalue weighted by atomic mass is 9.85. The topological polar surface area (TPSA) is 136 Å². The van der Waals surface area contributed by atoms with Gasteiger partial charge in [-0.3, -0.25) is 10.2 Å². The van der Waals surface area contributed by atoms with Crippen molar-refractivity contribution in [3.63, 3.8) is 0 Å². The van der Waals surface area contributed by atoms with Crippen molar-refractivity contribution in [1.82, 2.24) is 10.9 Å². The zero-order chi connectivity index (χ0) is 33.3. The second kappa shape index (κ2) is 15.6. The van der Waals surface area contributed by atoms with Crippen LogP contribution in [0.4, 0.5) is 0 Å². The molecule has 12 heteroatoms. The number of sulfone groups is 1. The molecule has 5 rings (SSSR count). The van der Waals surface area contributed by atoms with Crippen LogP contribution in [0, 0.1) is 0 Å². The predicted molar refractivity (Wildman–Crippen MR) is 182 cm³/mol. The zero-order valence-electron chi connectivity index (χ0n) is 25.8. The van der Waals surface area contributed by atoms with E-state index in [0.29, 0.717) is 40.1 Å². The highest BCUT2D eigenvalue weighted by molar-refractivity contribution is 9.10. The van der Waals surface area contributed by atoms with Gasteiger partial charge in [-0.05, 0) is 48.5 Å². The number of aliphatic hydroxyl groups is 1. The molecule has 10 nitrogen and oxygen atoms in total. The van der Waals surface area contributed by atoms with Crippen molar-refractivity contribution in [1.29, 1.82) is 0 Å². The summed E-state index contributed by atoms with van der Waals surface area (Å²) in [5.74, 6) is 0.509. The number of aliphatic hydroxyl groups excluding tert-OH is 1. The van der Waals surface area contributed by atoms with E-state index in [2.05, 4.69) is 26.8 Å². The maximum Gasteiger partial charge on any atom is 0.266 e. The van der Waals surface area contributed by atoms with E-state index >= 15 is 0 Å². The third kappa shape index (κ3) is 8.02. The van der Waals surface area contributed by atoms with Gasteiger partial charge in [-0.15, -0.1) is 0 Å². The van der Waals surface area contributed by atoms with Crippen LogP contribution in [0.2, 0.25) is 0 Å². The Hall–Kier alpha value is -4.23. The van der Waals surface area contributed by atoms with Crippen molar-refractivity contribution in [3.05, 3.63) is 124 Å². The first kappa shape index (κ1) is 34.1. The van der Waals surface area contributed by atoms with Crippen LogP contribution in [0.25, 0.3) is 0 Å². The van der Waals surface area contributed by atoms with Gasteiger partial charge in [0.15, 0.2) is 21.5 Å². The Morgan fingerprint density at radius 1 is 0.979 bits per heavy atom. The highest BCUT2D eigenvalue weighted by Gasteiger charge is 2.54. The number of nitrogens with zero attached hydrogens (tertiary/aromatic N) is 1. The number of amides is 1. The van der Waals surface area contributed by atoms with Gasteiger partial charge in [-0.1, -0.05) is 70.5 Å². The summed E-state index contributed by atoms with van der Waals surface area (Å²) in [6.45, 7) is 0.624. The van der Waals surface area contributed by atoms with E-state index in [1.54, 1.807) is 49.6 Å². The quantitative estimate of drug-likeness (QED) is 0.113. The summed E-state index contributed by atoms with van der Waals surface area (Å²) < 4.78 is 45.4. The number of rotatable bonds is 15. The highest BCUT2D eigenvalue weighted by Crippen LogP contribution is 2.45. The number of nitrogens with one attached hydrogen (secondary N) is 2. The number of carbonyl (C=O) groups excluding carboxylic acids is 1. The summed E-state index contributed by atoms with van der Waals surface area (Å²) in [5.41, 5.74) is 6.10. The van der Waals surface area contributed by atoms with Crippen LogP contribution in [0.15, 0.2) is 117 Å². The summed E-state index contributed by atoms with van der Waals surface area (Å²) in [4.78, 5) is 19.5. The average molecular weight is 723 g/mol. The van der Waals surface area contributed by atoms with Gasteiger partial charge in [0.05, 0.1) is 24.4 Å². The van der Waals surface area contributed by atoms with Crippen LogP contribution >= 0.6 is 15.9 Å². The molecule has 4 aromatic rings. The van der Waals surface area contributed by atoms with E-state index in [1.165, 1.54) is 12.1 Å². The van der Waals surface area contributed by atoms with Crippen LogP contribution in [-0.4, -0.2) is 56.9 Å². The van der Waals surface area contributed by atoms with Gasteiger partial charge in [0.25, 0.3) is 5.91 Å². The van der Waals surface area contributed by atoms with Gasteiger partial charge < -0.3 is 19.3 Å². The Balaban J connectivity index is 1.52. The van der Waals surface area contributed by atoms with Gasteiger partial charge in [0, 0.05) is 47.2 Å². The minimum atomic E-state index is -3.79. The fraction of sp³-hybridized carbons (Fsp3) is 0.257. The molecule has 4 aromatic carbocycles. The molecule has 2 atom stereocenters. The van der Waals surface area contributed by atoms with E-state index < -0.39 is 27.4 Å². The van der Waals surface area contributed by atoms with Crippen LogP contribution in [0.3, 0.4) is 0 Å². The standard InChI is InChI=1S/C35H36BrN3O7S/c1-44-31-15-8-5-10-26(31)24-37-39-34(41)35(20-23-47(42,43)28-11-3-2-4-12-28)32(29-13-6-7-14-30(29)36)46-33(38-35)25-16-18-27(19-17-25)45-22-9-21-40/h2-8,10-19,32,37,40H,9,20-24H2,1H3,(H,39,41)/t32-,35-/m0/s1. The number of halogens is 1. The third-order valence-electron chi connectivity index (χ3n) is 7.75. The molecule has 0 aliphatic carbocycles. The maximum atomic E-state index is 14.4. The molecule has 47 heavy (non-hydrogen) atoms. The first-order valence-corrected chi connectivity index (χ1v) is 17.5. The van der Waals surface area contributed by atoms with Crippen LogP contribution in [0.1, 0.15) is 35.6 Å². The van der Waals surface area contributed by atoms with E-state index in [0.717, 1.165) is 5.56 Å². The molecule has 0 unspecified atom stereocenters. The van der Waals surface area contributed by atoms with Crippen LogP contribution < -0.4 is 20.3 Å². The van der Waals surface area contributed by atoms with Gasteiger partial charge in [0.2, 0.25) is 5.90 Å². The molecule has 0 fully saturated rings. The molecule has 0 aromatic heterocycles. The number of hydrogen-bond donors (Lipinski definition) is 3. The Kier molecular flexibility index (Phi) is 11.3. The van der Waals surface area contributed by atoms with Crippen molar-refractivity contribution in [2.75, 3.05) is 26.1 Å². The first-order valence-electron chi connectivity index (χ1n) is 15.1. The minimum Gasteiger partial charge on any atom is -0.496 e. The van der Waals surface area contributed by atoms with Gasteiger partial charge >= 0.3 is 0 Å². The van der Waals surface area contributed by atoms with E-state index in [-0.39, 0.29) is 36.1 Å². The van der Waals surface area contributed by atoms with Gasteiger partial charge in [-0.25, -0.2) is 18.8 Å².